The number of ether oxygens (including phenoxy) is 2. The fourth-order valence-electron chi connectivity index (χ4n) is 3.01. The zero-order chi connectivity index (χ0) is 14.4. The molecule has 1 N–H and O–H groups in total. The van der Waals surface area contributed by atoms with Gasteiger partial charge >= 0.3 is 0 Å². The molecule has 3 heteroatoms. The third-order valence-electron chi connectivity index (χ3n) is 3.97. The van der Waals surface area contributed by atoms with Gasteiger partial charge in [0.15, 0.2) is 0 Å². The standard InChI is InChI=1S/C17H27NO2/c1-4-18-15(12-16-6-5-9-20-16)11-14-10-13(2)7-8-17(14)19-3/h7-8,10,15-16,18H,4-6,9,11-12H2,1-3H3. The minimum Gasteiger partial charge on any atom is -0.496 e. The van der Waals surface area contributed by atoms with Gasteiger partial charge in [0.1, 0.15) is 5.75 Å². The number of rotatable bonds is 7. The number of hydrogen-bond donors (Lipinski definition) is 1. The van der Waals surface area contributed by atoms with Crippen LogP contribution in [0.25, 0.3) is 0 Å². The maximum atomic E-state index is 5.78. The van der Waals surface area contributed by atoms with Crippen molar-refractivity contribution in [3.8, 4) is 5.75 Å². The van der Waals surface area contributed by atoms with Gasteiger partial charge in [0.2, 0.25) is 0 Å². The Hall–Kier alpha value is -1.06. The smallest absolute Gasteiger partial charge is 0.122 e. The zero-order valence-electron chi connectivity index (χ0n) is 12.9. The molecule has 1 aliphatic rings. The Morgan fingerprint density at radius 3 is 2.95 bits per heavy atom. The van der Waals surface area contributed by atoms with Crippen molar-refractivity contribution in [1.82, 2.24) is 5.32 Å². The Labute approximate surface area is 122 Å². The predicted molar refractivity (Wildman–Crippen MR) is 82.5 cm³/mol. The summed E-state index contributed by atoms with van der Waals surface area (Å²) in [4.78, 5) is 0. The lowest BCUT2D eigenvalue weighted by molar-refractivity contribution is 0.0947. The summed E-state index contributed by atoms with van der Waals surface area (Å²) in [6.45, 7) is 6.21. The van der Waals surface area contributed by atoms with Gasteiger partial charge in [-0.3, -0.25) is 0 Å². The van der Waals surface area contributed by atoms with Gasteiger partial charge in [-0.25, -0.2) is 0 Å². The number of hydrogen-bond acceptors (Lipinski definition) is 3. The molecule has 2 unspecified atom stereocenters. The SMILES string of the molecule is CCNC(Cc1cc(C)ccc1OC)CC1CCCO1. The van der Waals surface area contributed by atoms with Gasteiger partial charge in [-0.1, -0.05) is 24.6 Å². The molecule has 1 aromatic rings. The van der Waals surface area contributed by atoms with Crippen LogP contribution in [-0.4, -0.2) is 32.4 Å². The maximum Gasteiger partial charge on any atom is 0.122 e. The Morgan fingerprint density at radius 1 is 1.45 bits per heavy atom. The topological polar surface area (TPSA) is 30.5 Å². The molecule has 0 spiro atoms. The molecule has 2 atom stereocenters. The fraction of sp³-hybridized carbons (Fsp3) is 0.647. The summed E-state index contributed by atoms with van der Waals surface area (Å²) in [5.41, 5.74) is 2.57. The van der Waals surface area contributed by atoms with Crippen molar-refractivity contribution < 1.29 is 9.47 Å². The average Bonchev–Trinajstić information content (AvgIpc) is 2.92. The summed E-state index contributed by atoms with van der Waals surface area (Å²) in [5.74, 6) is 0.992. The van der Waals surface area contributed by atoms with E-state index in [2.05, 4.69) is 37.4 Å². The van der Waals surface area contributed by atoms with Gasteiger partial charge in [-0.15, -0.1) is 0 Å². The van der Waals surface area contributed by atoms with E-state index in [-0.39, 0.29) is 0 Å². The zero-order valence-corrected chi connectivity index (χ0v) is 12.9. The first-order valence-corrected chi connectivity index (χ1v) is 7.71. The molecule has 1 aromatic carbocycles. The van der Waals surface area contributed by atoms with Crippen LogP contribution in [-0.2, 0) is 11.2 Å². The largest absolute Gasteiger partial charge is 0.496 e. The summed E-state index contributed by atoms with van der Waals surface area (Å²) < 4.78 is 11.3. The molecule has 2 rings (SSSR count). The Bertz CT molecular complexity index is 413. The molecule has 0 amide bonds. The first-order chi connectivity index (χ1) is 9.72. The number of nitrogens with one attached hydrogen (secondary N) is 1. The molecular weight excluding hydrogens is 250 g/mol. The van der Waals surface area contributed by atoms with Gasteiger partial charge in [0.25, 0.3) is 0 Å². The van der Waals surface area contributed by atoms with E-state index in [1.54, 1.807) is 7.11 Å². The van der Waals surface area contributed by atoms with Crippen molar-refractivity contribution in [2.45, 2.75) is 51.7 Å². The molecule has 1 heterocycles. The van der Waals surface area contributed by atoms with E-state index in [1.807, 2.05) is 0 Å². The summed E-state index contributed by atoms with van der Waals surface area (Å²) in [5, 5.41) is 3.59. The third kappa shape index (κ3) is 4.22. The summed E-state index contributed by atoms with van der Waals surface area (Å²) in [6.07, 6.45) is 4.92. The Kier molecular flexibility index (Phi) is 5.86. The van der Waals surface area contributed by atoms with Crippen molar-refractivity contribution in [3.05, 3.63) is 29.3 Å². The van der Waals surface area contributed by atoms with Gasteiger partial charge in [0, 0.05) is 12.6 Å². The van der Waals surface area contributed by atoms with E-state index < -0.39 is 0 Å². The van der Waals surface area contributed by atoms with Crippen molar-refractivity contribution in [2.75, 3.05) is 20.3 Å². The molecule has 0 radical (unpaired) electrons. The lowest BCUT2D eigenvalue weighted by atomic mass is 9.97. The molecule has 1 aliphatic heterocycles. The molecule has 1 fully saturated rings. The van der Waals surface area contributed by atoms with Crippen LogP contribution in [0.1, 0.15) is 37.3 Å². The minimum absolute atomic E-state index is 0.426. The molecule has 0 saturated carbocycles. The lowest BCUT2D eigenvalue weighted by Crippen LogP contribution is -2.34. The van der Waals surface area contributed by atoms with Crippen LogP contribution < -0.4 is 10.1 Å². The molecule has 20 heavy (non-hydrogen) atoms. The van der Waals surface area contributed by atoms with Crippen LogP contribution in [0.5, 0.6) is 5.75 Å². The third-order valence-corrected chi connectivity index (χ3v) is 3.97. The second-order valence-corrected chi connectivity index (χ2v) is 5.64. The number of methoxy groups -OCH3 is 1. The van der Waals surface area contributed by atoms with E-state index in [1.165, 1.54) is 24.0 Å². The summed E-state index contributed by atoms with van der Waals surface area (Å²) >= 11 is 0. The van der Waals surface area contributed by atoms with Gasteiger partial charge in [-0.2, -0.15) is 0 Å². The minimum atomic E-state index is 0.426. The highest BCUT2D eigenvalue weighted by molar-refractivity contribution is 5.37. The average molecular weight is 277 g/mol. The van der Waals surface area contributed by atoms with Crippen LogP contribution in [0.15, 0.2) is 18.2 Å². The molecule has 0 aromatic heterocycles. The van der Waals surface area contributed by atoms with E-state index in [0.717, 1.165) is 31.7 Å². The first kappa shape index (κ1) is 15.3. The van der Waals surface area contributed by atoms with Gasteiger partial charge in [0.05, 0.1) is 13.2 Å². The Morgan fingerprint density at radius 2 is 2.30 bits per heavy atom. The number of aryl methyl sites for hydroxylation is 1. The molecule has 112 valence electrons. The maximum absolute atomic E-state index is 5.78. The fourth-order valence-corrected chi connectivity index (χ4v) is 3.01. The second-order valence-electron chi connectivity index (χ2n) is 5.64. The van der Waals surface area contributed by atoms with Gasteiger partial charge in [-0.05, 0) is 50.8 Å². The Balaban J connectivity index is 2.04. The number of benzene rings is 1. The molecule has 3 nitrogen and oxygen atoms in total. The second kappa shape index (κ2) is 7.65. The molecule has 0 bridgehead atoms. The van der Waals surface area contributed by atoms with Crippen molar-refractivity contribution >= 4 is 0 Å². The van der Waals surface area contributed by atoms with E-state index in [9.17, 15) is 0 Å². The lowest BCUT2D eigenvalue weighted by Gasteiger charge is -2.22. The van der Waals surface area contributed by atoms with Crippen molar-refractivity contribution in [1.29, 1.82) is 0 Å². The van der Waals surface area contributed by atoms with Crippen LogP contribution in [0.4, 0.5) is 0 Å². The first-order valence-electron chi connectivity index (χ1n) is 7.71. The highest BCUT2D eigenvalue weighted by Gasteiger charge is 2.21. The summed E-state index contributed by atoms with van der Waals surface area (Å²) in [6, 6.07) is 6.86. The van der Waals surface area contributed by atoms with Gasteiger partial charge < -0.3 is 14.8 Å². The van der Waals surface area contributed by atoms with Crippen LogP contribution in [0.2, 0.25) is 0 Å². The normalized spacial score (nSPS) is 20.1. The van der Waals surface area contributed by atoms with Crippen LogP contribution in [0, 0.1) is 6.92 Å². The molecule has 0 aliphatic carbocycles. The highest BCUT2D eigenvalue weighted by atomic mass is 16.5. The monoisotopic (exact) mass is 277 g/mol. The van der Waals surface area contributed by atoms with Crippen LogP contribution in [0.3, 0.4) is 0 Å². The van der Waals surface area contributed by atoms with E-state index in [4.69, 9.17) is 9.47 Å². The summed E-state index contributed by atoms with van der Waals surface area (Å²) in [7, 11) is 1.75. The molecule has 1 saturated heterocycles. The quantitative estimate of drug-likeness (QED) is 0.831. The number of likely N-dealkylation sites (N-methyl/N-ethyl adjacent to an activating group) is 1. The predicted octanol–water partition coefficient (Wildman–Crippen LogP) is 3.09. The van der Waals surface area contributed by atoms with Crippen molar-refractivity contribution in [2.24, 2.45) is 0 Å². The van der Waals surface area contributed by atoms with Crippen LogP contribution >= 0.6 is 0 Å². The highest BCUT2D eigenvalue weighted by Crippen LogP contribution is 2.24. The van der Waals surface area contributed by atoms with E-state index >= 15 is 0 Å². The molecular formula is C17H27NO2. The van der Waals surface area contributed by atoms with E-state index in [0.29, 0.717) is 12.1 Å². The van der Waals surface area contributed by atoms with Crippen molar-refractivity contribution in [3.63, 3.8) is 0 Å².